The summed E-state index contributed by atoms with van der Waals surface area (Å²) in [5.41, 5.74) is 0.942. The molecule has 0 radical (unpaired) electrons. The van der Waals surface area contributed by atoms with Crippen molar-refractivity contribution in [1.29, 1.82) is 0 Å². The van der Waals surface area contributed by atoms with Crippen LogP contribution in [0.15, 0.2) is 30.3 Å². The first-order chi connectivity index (χ1) is 11.1. The smallest absolute Gasteiger partial charge is 0.224 e. The molecule has 0 saturated carbocycles. The highest BCUT2D eigenvalue weighted by Gasteiger charge is 2.22. The van der Waals surface area contributed by atoms with Crippen LogP contribution in [0.5, 0.6) is 0 Å². The third-order valence-corrected chi connectivity index (χ3v) is 4.11. The van der Waals surface area contributed by atoms with Gasteiger partial charge in [0.05, 0.1) is 25.2 Å². The third kappa shape index (κ3) is 5.94. The fraction of sp³-hybridized carbons (Fsp3) is 0.611. The van der Waals surface area contributed by atoms with Crippen molar-refractivity contribution in [3.63, 3.8) is 0 Å². The Bertz CT molecular complexity index is 470. The SMILES string of the molecule is CC(C)OCCC(=O)N1CCN(C[C@H](O)c2ccccc2)CC1. The van der Waals surface area contributed by atoms with Crippen LogP contribution in [0.1, 0.15) is 31.9 Å². The zero-order valence-electron chi connectivity index (χ0n) is 14.1. The number of aliphatic hydroxyl groups excluding tert-OH is 1. The molecule has 0 aliphatic carbocycles. The standard InChI is InChI=1S/C18H28N2O3/c1-15(2)23-13-8-18(22)20-11-9-19(10-12-20)14-17(21)16-6-4-3-5-7-16/h3-7,15,17,21H,8-14H2,1-2H3/t17-/m0/s1. The molecule has 1 aromatic carbocycles. The molecule has 1 atom stereocenters. The molecule has 23 heavy (non-hydrogen) atoms. The van der Waals surface area contributed by atoms with Crippen molar-refractivity contribution in [2.45, 2.75) is 32.5 Å². The zero-order valence-corrected chi connectivity index (χ0v) is 14.1. The molecule has 1 aliphatic rings. The number of ether oxygens (including phenoxy) is 1. The van der Waals surface area contributed by atoms with Crippen molar-refractivity contribution in [2.75, 3.05) is 39.3 Å². The number of nitrogens with zero attached hydrogens (tertiary/aromatic N) is 2. The summed E-state index contributed by atoms with van der Waals surface area (Å²) in [4.78, 5) is 16.2. The van der Waals surface area contributed by atoms with Gasteiger partial charge in [-0.05, 0) is 19.4 Å². The molecule has 1 aromatic rings. The largest absolute Gasteiger partial charge is 0.387 e. The predicted octanol–water partition coefficient (Wildman–Crippen LogP) is 1.68. The summed E-state index contributed by atoms with van der Waals surface area (Å²) in [7, 11) is 0. The number of hydrogen-bond acceptors (Lipinski definition) is 4. The Kier molecular flexibility index (Phi) is 7.02. The number of carbonyl (C=O) groups is 1. The summed E-state index contributed by atoms with van der Waals surface area (Å²) >= 11 is 0. The van der Waals surface area contributed by atoms with Gasteiger partial charge >= 0.3 is 0 Å². The topological polar surface area (TPSA) is 53.0 Å². The summed E-state index contributed by atoms with van der Waals surface area (Å²) in [6.07, 6.45) is 0.141. The van der Waals surface area contributed by atoms with E-state index in [1.165, 1.54) is 0 Å². The number of aliphatic hydroxyl groups is 1. The van der Waals surface area contributed by atoms with Gasteiger partial charge in [-0.3, -0.25) is 9.69 Å². The van der Waals surface area contributed by atoms with Crippen LogP contribution in [-0.4, -0.2) is 66.2 Å². The van der Waals surface area contributed by atoms with E-state index in [1.807, 2.05) is 49.1 Å². The molecule has 1 fully saturated rings. The molecule has 128 valence electrons. The number of carbonyl (C=O) groups excluding carboxylic acids is 1. The van der Waals surface area contributed by atoms with Gasteiger partial charge in [-0.25, -0.2) is 0 Å². The Hall–Kier alpha value is -1.43. The second kappa shape index (κ2) is 9.01. The van der Waals surface area contributed by atoms with Crippen molar-refractivity contribution in [2.24, 2.45) is 0 Å². The molecule has 0 spiro atoms. The molecule has 2 rings (SSSR count). The lowest BCUT2D eigenvalue weighted by atomic mass is 10.1. The predicted molar refractivity (Wildman–Crippen MR) is 90.1 cm³/mol. The Morgan fingerprint density at radius 3 is 2.43 bits per heavy atom. The van der Waals surface area contributed by atoms with E-state index < -0.39 is 6.10 Å². The number of benzene rings is 1. The van der Waals surface area contributed by atoms with Crippen LogP contribution in [0.2, 0.25) is 0 Å². The summed E-state index contributed by atoms with van der Waals surface area (Å²) in [6.45, 7) is 8.11. The Morgan fingerprint density at radius 2 is 1.83 bits per heavy atom. The van der Waals surface area contributed by atoms with E-state index in [1.54, 1.807) is 0 Å². The molecule has 1 amide bonds. The Morgan fingerprint density at radius 1 is 1.17 bits per heavy atom. The first kappa shape index (κ1) is 17.9. The van der Waals surface area contributed by atoms with Gasteiger partial charge in [0.1, 0.15) is 0 Å². The van der Waals surface area contributed by atoms with E-state index in [9.17, 15) is 9.90 Å². The molecule has 1 saturated heterocycles. The van der Waals surface area contributed by atoms with E-state index in [4.69, 9.17) is 4.74 Å². The number of β-amino-alcohol motifs (C(OH)–C–C–N with tert-alkyl or cyclic N) is 1. The third-order valence-electron chi connectivity index (χ3n) is 4.11. The van der Waals surface area contributed by atoms with Gasteiger partial charge in [-0.15, -0.1) is 0 Å². The minimum Gasteiger partial charge on any atom is -0.387 e. The van der Waals surface area contributed by atoms with Crippen LogP contribution < -0.4 is 0 Å². The Balaban J connectivity index is 1.70. The van der Waals surface area contributed by atoms with Crippen LogP contribution in [0.4, 0.5) is 0 Å². The summed E-state index contributed by atoms with van der Waals surface area (Å²) in [5.74, 6) is 0.161. The lowest BCUT2D eigenvalue weighted by molar-refractivity contribution is -0.134. The van der Waals surface area contributed by atoms with Gasteiger partial charge in [0.25, 0.3) is 0 Å². The number of hydrogen-bond donors (Lipinski definition) is 1. The first-order valence-electron chi connectivity index (χ1n) is 8.41. The lowest BCUT2D eigenvalue weighted by Gasteiger charge is -2.35. The fourth-order valence-corrected chi connectivity index (χ4v) is 2.75. The highest BCUT2D eigenvalue weighted by atomic mass is 16.5. The van der Waals surface area contributed by atoms with E-state index in [0.29, 0.717) is 19.6 Å². The van der Waals surface area contributed by atoms with Crippen molar-refractivity contribution < 1.29 is 14.6 Å². The van der Waals surface area contributed by atoms with E-state index in [0.717, 1.165) is 31.7 Å². The normalized spacial score (nSPS) is 17.5. The van der Waals surface area contributed by atoms with E-state index in [2.05, 4.69) is 4.90 Å². The maximum absolute atomic E-state index is 12.1. The maximum atomic E-state index is 12.1. The van der Waals surface area contributed by atoms with Gasteiger partial charge < -0.3 is 14.7 Å². The minimum absolute atomic E-state index is 0.161. The van der Waals surface area contributed by atoms with Gasteiger partial charge in [-0.1, -0.05) is 30.3 Å². The fourth-order valence-electron chi connectivity index (χ4n) is 2.75. The first-order valence-corrected chi connectivity index (χ1v) is 8.41. The second-order valence-electron chi connectivity index (χ2n) is 6.28. The van der Waals surface area contributed by atoms with Crippen molar-refractivity contribution in [1.82, 2.24) is 9.80 Å². The molecule has 1 N–H and O–H groups in total. The van der Waals surface area contributed by atoms with Crippen molar-refractivity contribution >= 4 is 5.91 Å². The average molecular weight is 320 g/mol. The Labute approximate surface area is 138 Å². The highest BCUT2D eigenvalue weighted by molar-refractivity contribution is 5.76. The van der Waals surface area contributed by atoms with Gasteiger partial charge in [0, 0.05) is 32.7 Å². The summed E-state index contributed by atoms with van der Waals surface area (Å²) in [5, 5.41) is 10.3. The number of rotatable bonds is 7. The van der Waals surface area contributed by atoms with Crippen molar-refractivity contribution in [3.8, 4) is 0 Å². The molecule has 5 heteroatoms. The monoisotopic (exact) mass is 320 g/mol. The molecule has 0 bridgehead atoms. The second-order valence-corrected chi connectivity index (χ2v) is 6.28. The maximum Gasteiger partial charge on any atom is 0.224 e. The number of piperazine rings is 1. The van der Waals surface area contributed by atoms with Gasteiger partial charge in [-0.2, -0.15) is 0 Å². The molecule has 1 aliphatic heterocycles. The minimum atomic E-state index is -0.474. The average Bonchev–Trinajstić information content (AvgIpc) is 2.56. The van der Waals surface area contributed by atoms with Crippen LogP contribution in [0.3, 0.4) is 0 Å². The molecule has 0 aromatic heterocycles. The van der Waals surface area contributed by atoms with Crippen LogP contribution >= 0.6 is 0 Å². The lowest BCUT2D eigenvalue weighted by Crippen LogP contribution is -2.49. The molecule has 5 nitrogen and oxygen atoms in total. The summed E-state index contributed by atoms with van der Waals surface area (Å²) in [6, 6.07) is 9.71. The molecule has 0 unspecified atom stereocenters. The van der Waals surface area contributed by atoms with Gasteiger partial charge in [0.15, 0.2) is 0 Å². The highest BCUT2D eigenvalue weighted by Crippen LogP contribution is 2.15. The van der Waals surface area contributed by atoms with E-state index in [-0.39, 0.29) is 12.0 Å². The van der Waals surface area contributed by atoms with E-state index >= 15 is 0 Å². The number of amides is 1. The van der Waals surface area contributed by atoms with Gasteiger partial charge in [0.2, 0.25) is 5.91 Å². The molecular weight excluding hydrogens is 292 g/mol. The zero-order chi connectivity index (χ0) is 16.7. The molecule has 1 heterocycles. The summed E-state index contributed by atoms with van der Waals surface area (Å²) < 4.78 is 5.44. The van der Waals surface area contributed by atoms with Crippen LogP contribution in [0, 0.1) is 0 Å². The van der Waals surface area contributed by atoms with Crippen LogP contribution in [0.25, 0.3) is 0 Å². The molecular formula is C18H28N2O3. The quantitative estimate of drug-likeness (QED) is 0.830. The van der Waals surface area contributed by atoms with Crippen molar-refractivity contribution in [3.05, 3.63) is 35.9 Å². The van der Waals surface area contributed by atoms with Crippen LogP contribution in [-0.2, 0) is 9.53 Å².